The van der Waals surface area contributed by atoms with E-state index in [4.69, 9.17) is 11.6 Å². The molecule has 0 aliphatic rings. The number of hydrogen-bond acceptors (Lipinski definition) is 3. The normalized spacial score (nSPS) is 10.5. The molecule has 1 aromatic heterocycles. The van der Waals surface area contributed by atoms with E-state index in [1.165, 1.54) is 17.2 Å². The number of rotatable bonds is 4. The molecule has 25 heavy (non-hydrogen) atoms. The number of nitrogens with one attached hydrogen (secondary N) is 1. The number of nitrogens with zero attached hydrogens (tertiary/aromatic N) is 2. The molecule has 0 fully saturated rings. The summed E-state index contributed by atoms with van der Waals surface area (Å²) in [5.74, 6) is -0.648. The Morgan fingerprint density at radius 3 is 2.68 bits per heavy atom. The predicted molar refractivity (Wildman–Crippen MR) is 98.8 cm³/mol. The lowest BCUT2D eigenvalue weighted by atomic mass is 10.1. The van der Waals surface area contributed by atoms with Crippen LogP contribution in [0.3, 0.4) is 0 Å². The third-order valence-corrected chi connectivity index (χ3v) is 3.97. The van der Waals surface area contributed by atoms with Crippen molar-refractivity contribution in [3.05, 3.63) is 71.5 Å². The highest BCUT2D eigenvalue weighted by atomic mass is 35.5. The van der Waals surface area contributed by atoms with E-state index in [2.05, 4.69) is 10.3 Å². The predicted octanol–water partition coefficient (Wildman–Crippen LogP) is 3.60. The third kappa shape index (κ3) is 3.95. The molecule has 126 valence electrons. The van der Waals surface area contributed by atoms with Gasteiger partial charge in [0.1, 0.15) is 5.69 Å². The van der Waals surface area contributed by atoms with Gasteiger partial charge in [0, 0.05) is 29.3 Å². The molecule has 6 heteroatoms. The lowest BCUT2D eigenvalue weighted by Crippen LogP contribution is -2.35. The van der Waals surface area contributed by atoms with E-state index in [1.807, 2.05) is 42.5 Å². The highest BCUT2D eigenvalue weighted by Gasteiger charge is 2.17. The number of likely N-dealkylation sites (N-methyl/N-ethyl adjacent to an activating group) is 1. The quantitative estimate of drug-likeness (QED) is 0.779. The van der Waals surface area contributed by atoms with Crippen LogP contribution in [0, 0.1) is 0 Å². The second-order valence-corrected chi connectivity index (χ2v) is 6.03. The van der Waals surface area contributed by atoms with E-state index in [9.17, 15) is 9.59 Å². The standard InChI is InChI=1S/C19H16ClN3O2/c1-23(19(25)17-11-14(20)9-10-21-17)12-18(24)22-16-8-4-6-13-5-2-3-7-15(13)16/h2-11H,12H2,1H3,(H,22,24). The van der Waals surface area contributed by atoms with Crippen molar-refractivity contribution in [3.8, 4) is 0 Å². The number of anilines is 1. The number of carbonyl (C=O) groups excluding carboxylic acids is 2. The summed E-state index contributed by atoms with van der Waals surface area (Å²) in [6.45, 7) is -0.0871. The topological polar surface area (TPSA) is 62.3 Å². The van der Waals surface area contributed by atoms with Gasteiger partial charge in [0.25, 0.3) is 5.91 Å². The van der Waals surface area contributed by atoms with Crippen molar-refractivity contribution in [1.29, 1.82) is 0 Å². The molecule has 0 radical (unpaired) electrons. The first kappa shape index (κ1) is 16.9. The number of amides is 2. The molecule has 0 aliphatic carbocycles. The molecule has 0 spiro atoms. The summed E-state index contributed by atoms with van der Waals surface area (Å²) >= 11 is 5.87. The van der Waals surface area contributed by atoms with Gasteiger partial charge >= 0.3 is 0 Å². The molecule has 3 aromatic rings. The number of aromatic nitrogens is 1. The minimum Gasteiger partial charge on any atom is -0.331 e. The van der Waals surface area contributed by atoms with Crippen molar-refractivity contribution in [3.63, 3.8) is 0 Å². The zero-order chi connectivity index (χ0) is 17.8. The number of fused-ring (bicyclic) bond motifs is 1. The van der Waals surface area contributed by atoms with E-state index >= 15 is 0 Å². The molecule has 0 saturated carbocycles. The van der Waals surface area contributed by atoms with Crippen molar-refractivity contribution in [2.24, 2.45) is 0 Å². The first-order valence-electron chi connectivity index (χ1n) is 7.69. The Morgan fingerprint density at radius 2 is 1.88 bits per heavy atom. The van der Waals surface area contributed by atoms with Gasteiger partial charge in [-0.05, 0) is 23.6 Å². The number of benzene rings is 2. The van der Waals surface area contributed by atoms with Crippen LogP contribution in [0.25, 0.3) is 10.8 Å². The second kappa shape index (κ2) is 7.32. The van der Waals surface area contributed by atoms with Gasteiger partial charge in [0.05, 0.1) is 6.54 Å². The number of carbonyl (C=O) groups is 2. The fourth-order valence-electron chi connectivity index (χ4n) is 2.53. The Balaban J connectivity index is 1.70. The molecule has 5 nitrogen and oxygen atoms in total. The van der Waals surface area contributed by atoms with Crippen molar-refractivity contribution in [1.82, 2.24) is 9.88 Å². The highest BCUT2D eigenvalue weighted by molar-refractivity contribution is 6.30. The number of halogens is 1. The first-order valence-corrected chi connectivity index (χ1v) is 8.07. The first-order chi connectivity index (χ1) is 12.0. The van der Waals surface area contributed by atoms with E-state index in [-0.39, 0.29) is 24.1 Å². The Bertz CT molecular complexity index is 937. The minimum atomic E-state index is -0.365. The molecule has 1 N–H and O–H groups in total. The SMILES string of the molecule is CN(CC(=O)Nc1cccc2ccccc12)C(=O)c1cc(Cl)ccn1. The third-order valence-electron chi connectivity index (χ3n) is 3.73. The molecule has 0 bridgehead atoms. The van der Waals surface area contributed by atoms with Crippen LogP contribution in [0.2, 0.25) is 5.02 Å². The minimum absolute atomic E-state index is 0.0871. The van der Waals surface area contributed by atoms with E-state index < -0.39 is 0 Å². The largest absolute Gasteiger partial charge is 0.331 e. The van der Waals surface area contributed by atoms with Crippen LogP contribution in [-0.2, 0) is 4.79 Å². The Labute approximate surface area is 150 Å². The van der Waals surface area contributed by atoms with E-state index in [0.717, 1.165) is 10.8 Å². The van der Waals surface area contributed by atoms with Gasteiger partial charge in [0.15, 0.2) is 0 Å². The smallest absolute Gasteiger partial charge is 0.272 e. The zero-order valence-electron chi connectivity index (χ0n) is 13.6. The summed E-state index contributed by atoms with van der Waals surface area (Å²) < 4.78 is 0. The van der Waals surface area contributed by atoms with Gasteiger partial charge in [-0.1, -0.05) is 48.0 Å². The molecule has 0 atom stereocenters. The maximum absolute atomic E-state index is 12.3. The highest BCUT2D eigenvalue weighted by Crippen LogP contribution is 2.22. The molecule has 1 heterocycles. The summed E-state index contributed by atoms with van der Waals surface area (Å²) in [7, 11) is 1.55. The summed E-state index contributed by atoms with van der Waals surface area (Å²) in [5, 5.41) is 5.26. The van der Waals surface area contributed by atoms with Crippen LogP contribution in [0.4, 0.5) is 5.69 Å². The fourth-order valence-corrected chi connectivity index (χ4v) is 2.69. The Morgan fingerprint density at radius 1 is 1.12 bits per heavy atom. The number of hydrogen-bond donors (Lipinski definition) is 1. The zero-order valence-corrected chi connectivity index (χ0v) is 14.3. The van der Waals surface area contributed by atoms with Gasteiger partial charge in [-0.25, -0.2) is 0 Å². The Hall–Kier alpha value is -2.92. The summed E-state index contributed by atoms with van der Waals surface area (Å²) in [6.07, 6.45) is 1.46. The molecular weight excluding hydrogens is 338 g/mol. The van der Waals surface area contributed by atoms with Crippen molar-refractivity contribution in [2.75, 3.05) is 18.9 Å². The van der Waals surface area contributed by atoms with Crippen LogP contribution in [0.5, 0.6) is 0 Å². The fraction of sp³-hybridized carbons (Fsp3) is 0.105. The lowest BCUT2D eigenvalue weighted by molar-refractivity contribution is -0.116. The summed E-state index contributed by atoms with van der Waals surface area (Å²) in [5.41, 5.74) is 0.915. The summed E-state index contributed by atoms with van der Waals surface area (Å²) in [6, 6.07) is 16.5. The maximum atomic E-state index is 12.3. The van der Waals surface area contributed by atoms with Gasteiger partial charge in [-0.2, -0.15) is 0 Å². The molecule has 0 saturated heterocycles. The second-order valence-electron chi connectivity index (χ2n) is 5.60. The van der Waals surface area contributed by atoms with Gasteiger partial charge in [-0.3, -0.25) is 14.6 Å². The van der Waals surface area contributed by atoms with E-state index in [0.29, 0.717) is 10.7 Å². The van der Waals surface area contributed by atoms with Crippen molar-refractivity contribution >= 4 is 39.9 Å². The van der Waals surface area contributed by atoms with Gasteiger partial charge in [0.2, 0.25) is 5.91 Å². The van der Waals surface area contributed by atoms with Crippen molar-refractivity contribution in [2.45, 2.75) is 0 Å². The molecule has 0 unspecified atom stereocenters. The average molecular weight is 354 g/mol. The summed E-state index contributed by atoms with van der Waals surface area (Å²) in [4.78, 5) is 29.9. The molecule has 2 amide bonds. The Kier molecular flexibility index (Phi) is 4.95. The van der Waals surface area contributed by atoms with Crippen LogP contribution in [0.1, 0.15) is 10.5 Å². The molecule has 2 aromatic carbocycles. The van der Waals surface area contributed by atoms with E-state index in [1.54, 1.807) is 13.1 Å². The average Bonchev–Trinajstić information content (AvgIpc) is 2.61. The molecule has 0 aliphatic heterocycles. The van der Waals surface area contributed by atoms with Crippen LogP contribution in [-0.4, -0.2) is 35.3 Å². The van der Waals surface area contributed by atoms with Crippen LogP contribution in [0.15, 0.2) is 60.8 Å². The van der Waals surface area contributed by atoms with Gasteiger partial charge in [-0.15, -0.1) is 0 Å². The van der Waals surface area contributed by atoms with Crippen LogP contribution >= 0.6 is 11.6 Å². The molecule has 3 rings (SSSR count). The van der Waals surface area contributed by atoms with Gasteiger partial charge < -0.3 is 10.2 Å². The number of pyridine rings is 1. The van der Waals surface area contributed by atoms with Crippen LogP contribution < -0.4 is 5.32 Å². The lowest BCUT2D eigenvalue weighted by Gasteiger charge is -2.17. The van der Waals surface area contributed by atoms with Crippen molar-refractivity contribution < 1.29 is 9.59 Å². The molecular formula is C19H16ClN3O2. The monoisotopic (exact) mass is 353 g/mol. The maximum Gasteiger partial charge on any atom is 0.272 e.